The number of rotatable bonds is 5. The van der Waals surface area contributed by atoms with E-state index in [1.165, 1.54) is 19.3 Å². The second-order valence-electron chi connectivity index (χ2n) is 4.97. The fraction of sp³-hybridized carbons (Fsp3) is 0.917. The third-order valence-electron chi connectivity index (χ3n) is 3.57. The highest BCUT2D eigenvalue weighted by molar-refractivity contribution is 6.27. The van der Waals surface area contributed by atoms with Crippen LogP contribution in [0, 0.1) is 5.92 Å². The quantitative estimate of drug-likeness (QED) is 0.746. The predicted molar refractivity (Wildman–Crippen MR) is 65.7 cm³/mol. The van der Waals surface area contributed by atoms with Gasteiger partial charge < -0.3 is 10.2 Å². The topological polar surface area (TPSA) is 32.3 Å². The van der Waals surface area contributed by atoms with E-state index in [1.807, 2.05) is 4.90 Å². The first-order valence-electron chi connectivity index (χ1n) is 6.37. The number of hydrogen-bond acceptors (Lipinski definition) is 2. The fourth-order valence-electron chi connectivity index (χ4n) is 2.39. The maximum atomic E-state index is 11.7. The minimum Gasteiger partial charge on any atom is -0.337 e. The van der Waals surface area contributed by atoms with Crippen molar-refractivity contribution in [2.45, 2.75) is 38.1 Å². The van der Waals surface area contributed by atoms with Crippen molar-refractivity contribution in [1.82, 2.24) is 10.2 Å². The number of nitrogens with zero attached hydrogens (tertiary/aromatic N) is 1. The van der Waals surface area contributed by atoms with Crippen LogP contribution < -0.4 is 5.32 Å². The highest BCUT2D eigenvalue weighted by atomic mass is 35.5. The molecule has 0 spiro atoms. The minimum absolute atomic E-state index is 0.0968. The first-order chi connectivity index (χ1) is 7.81. The third-order valence-corrected chi connectivity index (χ3v) is 3.80. The number of halogens is 1. The number of hydrogen-bond donors (Lipinski definition) is 1. The van der Waals surface area contributed by atoms with Crippen molar-refractivity contribution in [3.63, 3.8) is 0 Å². The monoisotopic (exact) mass is 244 g/mol. The van der Waals surface area contributed by atoms with Gasteiger partial charge in [-0.05, 0) is 44.6 Å². The van der Waals surface area contributed by atoms with Gasteiger partial charge >= 0.3 is 0 Å². The maximum absolute atomic E-state index is 11.7. The second-order valence-corrected chi connectivity index (χ2v) is 5.24. The summed E-state index contributed by atoms with van der Waals surface area (Å²) < 4.78 is 0. The van der Waals surface area contributed by atoms with E-state index in [0.29, 0.717) is 6.04 Å². The molecule has 1 amide bonds. The lowest BCUT2D eigenvalue weighted by atomic mass is 10.0. The number of likely N-dealkylation sites (tertiary alicyclic amines) is 1. The van der Waals surface area contributed by atoms with E-state index >= 15 is 0 Å². The lowest BCUT2D eigenvalue weighted by Crippen LogP contribution is -2.49. The third kappa shape index (κ3) is 3.36. The summed E-state index contributed by atoms with van der Waals surface area (Å²) in [7, 11) is 0. The van der Waals surface area contributed by atoms with Gasteiger partial charge in [-0.1, -0.05) is 0 Å². The number of nitrogens with one attached hydrogen (secondary N) is 1. The summed E-state index contributed by atoms with van der Waals surface area (Å²) in [5.74, 6) is 1.12. The van der Waals surface area contributed by atoms with E-state index in [-0.39, 0.29) is 11.8 Å². The van der Waals surface area contributed by atoms with Crippen LogP contribution in [0.1, 0.15) is 32.1 Å². The first kappa shape index (κ1) is 12.2. The van der Waals surface area contributed by atoms with Gasteiger partial charge in [0, 0.05) is 19.1 Å². The highest BCUT2D eigenvalue weighted by Crippen LogP contribution is 2.27. The molecule has 1 unspecified atom stereocenters. The van der Waals surface area contributed by atoms with Crippen molar-refractivity contribution in [3.8, 4) is 0 Å². The van der Waals surface area contributed by atoms with Crippen LogP contribution in [0.3, 0.4) is 0 Å². The molecule has 0 aromatic carbocycles. The molecular formula is C12H21ClN2O. The summed E-state index contributed by atoms with van der Waals surface area (Å²) >= 11 is 5.63. The fourth-order valence-corrected chi connectivity index (χ4v) is 2.55. The van der Waals surface area contributed by atoms with Gasteiger partial charge in [0.25, 0.3) is 0 Å². The molecule has 3 nitrogen and oxygen atoms in total. The zero-order valence-corrected chi connectivity index (χ0v) is 10.5. The van der Waals surface area contributed by atoms with Crippen molar-refractivity contribution >= 4 is 17.5 Å². The van der Waals surface area contributed by atoms with Crippen LogP contribution in [0.25, 0.3) is 0 Å². The molecule has 1 aliphatic heterocycles. The molecule has 92 valence electrons. The molecular weight excluding hydrogens is 224 g/mol. The highest BCUT2D eigenvalue weighted by Gasteiger charge is 2.26. The Kier molecular flexibility index (Phi) is 4.47. The van der Waals surface area contributed by atoms with Crippen LogP contribution in [-0.2, 0) is 4.79 Å². The van der Waals surface area contributed by atoms with Crippen molar-refractivity contribution in [3.05, 3.63) is 0 Å². The second kappa shape index (κ2) is 5.87. The van der Waals surface area contributed by atoms with Crippen LogP contribution >= 0.6 is 11.6 Å². The van der Waals surface area contributed by atoms with Crippen molar-refractivity contribution in [2.24, 2.45) is 5.92 Å². The molecule has 1 heterocycles. The van der Waals surface area contributed by atoms with Crippen molar-refractivity contribution in [1.29, 1.82) is 0 Å². The molecule has 1 atom stereocenters. The lowest BCUT2D eigenvalue weighted by Gasteiger charge is -2.35. The molecule has 1 saturated heterocycles. The van der Waals surface area contributed by atoms with Gasteiger partial charge in [-0.2, -0.15) is 0 Å². The Hall–Kier alpha value is -0.280. The zero-order chi connectivity index (χ0) is 11.4. The Morgan fingerprint density at radius 3 is 2.75 bits per heavy atom. The van der Waals surface area contributed by atoms with E-state index in [4.69, 9.17) is 11.6 Å². The van der Waals surface area contributed by atoms with Gasteiger partial charge in [0.15, 0.2) is 0 Å². The Labute approximate surface area is 103 Å². The van der Waals surface area contributed by atoms with Gasteiger partial charge in [-0.15, -0.1) is 11.6 Å². The van der Waals surface area contributed by atoms with Crippen LogP contribution in [0.2, 0.25) is 0 Å². The summed E-state index contributed by atoms with van der Waals surface area (Å²) in [4.78, 5) is 13.6. The molecule has 2 fully saturated rings. The van der Waals surface area contributed by atoms with Crippen molar-refractivity contribution in [2.75, 3.05) is 25.5 Å². The van der Waals surface area contributed by atoms with Gasteiger partial charge in [-0.25, -0.2) is 0 Å². The maximum Gasteiger partial charge on any atom is 0.237 e. The number of carbonyl (C=O) groups is 1. The van der Waals surface area contributed by atoms with E-state index in [1.54, 1.807) is 0 Å². The summed E-state index contributed by atoms with van der Waals surface area (Å²) in [6.07, 6.45) is 6.24. The molecule has 1 aliphatic carbocycles. The molecule has 1 N–H and O–H groups in total. The molecule has 4 heteroatoms. The van der Waals surface area contributed by atoms with Gasteiger partial charge in [0.1, 0.15) is 5.88 Å². The molecule has 0 radical (unpaired) electrons. The minimum atomic E-state index is 0.0968. The number of amides is 1. The van der Waals surface area contributed by atoms with Crippen molar-refractivity contribution < 1.29 is 4.79 Å². The van der Waals surface area contributed by atoms with Crippen LogP contribution in [0.4, 0.5) is 0 Å². The van der Waals surface area contributed by atoms with Crippen LogP contribution in [0.5, 0.6) is 0 Å². The standard InChI is InChI=1S/C12H21ClN2O/c13-7-12(16)15-6-2-1-3-11(15)9-14-8-10-4-5-10/h10-11,14H,1-9H2. The zero-order valence-electron chi connectivity index (χ0n) is 9.75. The summed E-state index contributed by atoms with van der Waals surface area (Å²) in [5, 5.41) is 3.49. The summed E-state index contributed by atoms with van der Waals surface area (Å²) in [6, 6.07) is 0.374. The average Bonchev–Trinajstić information content (AvgIpc) is 3.13. The molecule has 0 aromatic heterocycles. The molecule has 1 saturated carbocycles. The Balaban J connectivity index is 1.75. The Bertz CT molecular complexity index is 243. The summed E-state index contributed by atoms with van der Waals surface area (Å²) in [5.41, 5.74) is 0. The average molecular weight is 245 g/mol. The molecule has 0 aromatic rings. The predicted octanol–water partition coefficient (Wildman–Crippen LogP) is 1.61. The molecule has 2 aliphatic rings. The summed E-state index contributed by atoms with van der Waals surface area (Å²) in [6.45, 7) is 2.96. The van der Waals surface area contributed by atoms with E-state index in [0.717, 1.165) is 38.4 Å². The normalized spacial score (nSPS) is 25.8. The van der Waals surface area contributed by atoms with Gasteiger partial charge in [0.05, 0.1) is 0 Å². The van der Waals surface area contributed by atoms with Crippen LogP contribution in [0.15, 0.2) is 0 Å². The SMILES string of the molecule is O=C(CCl)N1CCCCC1CNCC1CC1. The molecule has 0 bridgehead atoms. The number of alkyl halides is 1. The first-order valence-corrected chi connectivity index (χ1v) is 6.91. The number of carbonyl (C=O) groups excluding carboxylic acids is 1. The molecule has 16 heavy (non-hydrogen) atoms. The van der Waals surface area contributed by atoms with E-state index < -0.39 is 0 Å². The van der Waals surface area contributed by atoms with E-state index in [9.17, 15) is 4.79 Å². The van der Waals surface area contributed by atoms with Gasteiger partial charge in [0.2, 0.25) is 5.91 Å². The Morgan fingerprint density at radius 1 is 1.25 bits per heavy atom. The number of piperidine rings is 1. The Morgan fingerprint density at radius 2 is 2.06 bits per heavy atom. The molecule has 2 rings (SSSR count). The lowest BCUT2D eigenvalue weighted by molar-refractivity contribution is -0.132. The van der Waals surface area contributed by atoms with E-state index in [2.05, 4.69) is 5.32 Å². The smallest absolute Gasteiger partial charge is 0.237 e. The van der Waals surface area contributed by atoms with Crippen LogP contribution in [-0.4, -0.2) is 42.4 Å². The largest absolute Gasteiger partial charge is 0.337 e. The van der Waals surface area contributed by atoms with Gasteiger partial charge in [-0.3, -0.25) is 4.79 Å².